The molecule has 0 unspecified atom stereocenters. The van der Waals surface area contributed by atoms with Crippen LogP contribution in [0.5, 0.6) is 0 Å². The number of anilines is 1. The normalized spacial score (nSPS) is 17.9. The molecule has 2 aromatic carbocycles. The summed E-state index contributed by atoms with van der Waals surface area (Å²) in [6.07, 6.45) is 1.58. The van der Waals surface area contributed by atoms with E-state index < -0.39 is 0 Å². The summed E-state index contributed by atoms with van der Waals surface area (Å²) in [5.74, 6) is 0.263. The highest BCUT2D eigenvalue weighted by Gasteiger charge is 2.23. The van der Waals surface area contributed by atoms with E-state index in [2.05, 4.69) is 34.1 Å². The van der Waals surface area contributed by atoms with Crippen LogP contribution in [0.15, 0.2) is 48.5 Å². The van der Waals surface area contributed by atoms with Crippen molar-refractivity contribution in [3.05, 3.63) is 64.7 Å². The number of nitrogens with zero attached hydrogens (tertiary/aromatic N) is 3. The zero-order valence-corrected chi connectivity index (χ0v) is 16.4. The van der Waals surface area contributed by atoms with E-state index in [1.165, 1.54) is 16.8 Å². The highest BCUT2D eigenvalue weighted by Crippen LogP contribution is 2.21. The van der Waals surface area contributed by atoms with Crippen molar-refractivity contribution in [2.24, 2.45) is 0 Å². The van der Waals surface area contributed by atoms with Gasteiger partial charge in [-0.3, -0.25) is 9.69 Å². The number of rotatable bonds is 5. The number of piperazine rings is 1. The van der Waals surface area contributed by atoms with E-state index in [1.807, 2.05) is 29.2 Å². The molecule has 1 amide bonds. The van der Waals surface area contributed by atoms with Crippen LogP contribution in [0.25, 0.3) is 0 Å². The van der Waals surface area contributed by atoms with Crippen molar-refractivity contribution in [2.75, 3.05) is 44.2 Å². The SMILES string of the molecule is O=C1Cc2ccccc2CN1CCCN1CCN(c2cccc(Cl)c2)CC1. The van der Waals surface area contributed by atoms with Gasteiger partial charge in [0.15, 0.2) is 0 Å². The van der Waals surface area contributed by atoms with E-state index in [-0.39, 0.29) is 5.91 Å². The number of hydrogen-bond donors (Lipinski definition) is 0. The molecule has 0 aliphatic carbocycles. The van der Waals surface area contributed by atoms with Crippen molar-refractivity contribution in [1.29, 1.82) is 0 Å². The van der Waals surface area contributed by atoms with Crippen LogP contribution in [-0.4, -0.2) is 55.0 Å². The predicted molar refractivity (Wildman–Crippen MR) is 110 cm³/mol. The second-order valence-corrected chi connectivity index (χ2v) is 7.86. The first-order valence-electron chi connectivity index (χ1n) is 9.76. The van der Waals surface area contributed by atoms with Crippen LogP contribution >= 0.6 is 11.6 Å². The number of fused-ring (bicyclic) bond motifs is 1. The number of benzene rings is 2. The second kappa shape index (κ2) is 8.32. The zero-order chi connectivity index (χ0) is 18.6. The van der Waals surface area contributed by atoms with E-state index >= 15 is 0 Å². The molecule has 4 rings (SSSR count). The topological polar surface area (TPSA) is 26.8 Å². The lowest BCUT2D eigenvalue weighted by Crippen LogP contribution is -2.47. The van der Waals surface area contributed by atoms with Gasteiger partial charge in [0.05, 0.1) is 6.42 Å². The van der Waals surface area contributed by atoms with Gasteiger partial charge in [-0.2, -0.15) is 0 Å². The second-order valence-electron chi connectivity index (χ2n) is 7.42. The average Bonchev–Trinajstić information content (AvgIpc) is 2.69. The third-order valence-electron chi connectivity index (χ3n) is 5.62. The Hall–Kier alpha value is -2.04. The van der Waals surface area contributed by atoms with Gasteiger partial charge >= 0.3 is 0 Å². The van der Waals surface area contributed by atoms with Gasteiger partial charge in [-0.1, -0.05) is 41.9 Å². The third kappa shape index (κ3) is 4.45. The number of hydrogen-bond acceptors (Lipinski definition) is 3. The molecule has 2 heterocycles. The molecule has 0 aromatic heterocycles. The summed E-state index contributed by atoms with van der Waals surface area (Å²) in [5, 5.41) is 0.794. The number of carbonyl (C=O) groups is 1. The number of amides is 1. The lowest BCUT2D eigenvalue weighted by atomic mass is 9.99. The molecule has 2 aliphatic rings. The smallest absolute Gasteiger partial charge is 0.227 e. The molecule has 2 aromatic rings. The average molecular weight is 384 g/mol. The Kier molecular flexibility index (Phi) is 5.65. The monoisotopic (exact) mass is 383 g/mol. The highest BCUT2D eigenvalue weighted by atomic mass is 35.5. The molecule has 2 aliphatic heterocycles. The minimum atomic E-state index is 0.263. The van der Waals surface area contributed by atoms with Gasteiger partial charge in [0.2, 0.25) is 5.91 Å². The number of halogens is 1. The van der Waals surface area contributed by atoms with Crippen molar-refractivity contribution in [2.45, 2.75) is 19.4 Å². The molecule has 0 spiro atoms. The van der Waals surface area contributed by atoms with Gasteiger partial charge in [0.25, 0.3) is 0 Å². The Balaban J connectivity index is 1.22. The molecular weight excluding hydrogens is 358 g/mol. The minimum Gasteiger partial charge on any atom is -0.369 e. The van der Waals surface area contributed by atoms with Crippen LogP contribution in [0.4, 0.5) is 5.69 Å². The molecular formula is C22H26ClN3O. The fraction of sp³-hybridized carbons (Fsp3) is 0.409. The lowest BCUT2D eigenvalue weighted by molar-refractivity contribution is -0.132. The van der Waals surface area contributed by atoms with Crippen LogP contribution in [-0.2, 0) is 17.8 Å². The molecule has 0 bridgehead atoms. The predicted octanol–water partition coefficient (Wildman–Crippen LogP) is 3.44. The standard InChI is InChI=1S/C22H26ClN3O/c23-20-7-3-8-21(16-20)25-13-11-24(12-14-25)9-4-10-26-17-19-6-2-1-5-18(19)15-22(26)27/h1-3,5-8,16H,4,9-15,17H2. The fourth-order valence-corrected chi connectivity index (χ4v) is 4.23. The quantitative estimate of drug-likeness (QED) is 0.791. The van der Waals surface area contributed by atoms with E-state index in [4.69, 9.17) is 11.6 Å². The van der Waals surface area contributed by atoms with E-state index in [9.17, 15) is 4.79 Å². The summed E-state index contributed by atoms with van der Waals surface area (Å²) in [7, 11) is 0. The molecule has 4 nitrogen and oxygen atoms in total. The van der Waals surface area contributed by atoms with Crippen molar-refractivity contribution in [1.82, 2.24) is 9.80 Å². The molecule has 142 valence electrons. The van der Waals surface area contributed by atoms with Gasteiger partial charge < -0.3 is 9.80 Å². The molecule has 0 radical (unpaired) electrons. The van der Waals surface area contributed by atoms with Crippen LogP contribution in [0.3, 0.4) is 0 Å². The van der Waals surface area contributed by atoms with Gasteiger partial charge in [-0.25, -0.2) is 0 Å². The Labute approximate surface area is 166 Å². The van der Waals surface area contributed by atoms with E-state index in [0.29, 0.717) is 6.42 Å². The third-order valence-corrected chi connectivity index (χ3v) is 5.86. The summed E-state index contributed by atoms with van der Waals surface area (Å²) in [5.41, 5.74) is 3.70. The maximum absolute atomic E-state index is 12.4. The molecule has 1 fully saturated rings. The largest absolute Gasteiger partial charge is 0.369 e. The molecule has 5 heteroatoms. The van der Waals surface area contributed by atoms with Crippen LogP contribution in [0.2, 0.25) is 5.02 Å². The van der Waals surface area contributed by atoms with Crippen molar-refractivity contribution < 1.29 is 4.79 Å². The van der Waals surface area contributed by atoms with Crippen LogP contribution in [0.1, 0.15) is 17.5 Å². The lowest BCUT2D eigenvalue weighted by Gasteiger charge is -2.36. The Morgan fingerprint density at radius 1 is 0.889 bits per heavy atom. The fourth-order valence-electron chi connectivity index (χ4n) is 4.04. The Morgan fingerprint density at radius 3 is 2.44 bits per heavy atom. The van der Waals surface area contributed by atoms with Gasteiger partial charge in [-0.05, 0) is 42.3 Å². The first-order chi connectivity index (χ1) is 13.2. The van der Waals surface area contributed by atoms with Gasteiger partial charge in [0.1, 0.15) is 0 Å². The van der Waals surface area contributed by atoms with Gasteiger partial charge in [0, 0.05) is 50.0 Å². The zero-order valence-electron chi connectivity index (χ0n) is 15.6. The van der Waals surface area contributed by atoms with Crippen molar-refractivity contribution in [3.8, 4) is 0 Å². The summed E-state index contributed by atoms with van der Waals surface area (Å²) >= 11 is 6.11. The van der Waals surface area contributed by atoms with E-state index in [1.54, 1.807) is 0 Å². The maximum Gasteiger partial charge on any atom is 0.227 e. The molecule has 1 saturated heterocycles. The Morgan fingerprint density at radius 2 is 1.67 bits per heavy atom. The molecule has 0 atom stereocenters. The van der Waals surface area contributed by atoms with E-state index in [0.717, 1.165) is 57.3 Å². The van der Waals surface area contributed by atoms with Crippen LogP contribution < -0.4 is 4.90 Å². The first kappa shape index (κ1) is 18.3. The molecule has 0 saturated carbocycles. The minimum absolute atomic E-state index is 0.263. The summed E-state index contributed by atoms with van der Waals surface area (Å²) in [6, 6.07) is 16.4. The van der Waals surface area contributed by atoms with Crippen molar-refractivity contribution >= 4 is 23.2 Å². The van der Waals surface area contributed by atoms with Gasteiger partial charge in [-0.15, -0.1) is 0 Å². The molecule has 0 N–H and O–H groups in total. The Bertz CT molecular complexity index is 802. The maximum atomic E-state index is 12.4. The summed E-state index contributed by atoms with van der Waals surface area (Å²) in [4.78, 5) is 19.3. The molecule has 27 heavy (non-hydrogen) atoms. The summed E-state index contributed by atoms with van der Waals surface area (Å²) in [6.45, 7) is 6.83. The highest BCUT2D eigenvalue weighted by molar-refractivity contribution is 6.30. The first-order valence-corrected chi connectivity index (χ1v) is 10.1. The van der Waals surface area contributed by atoms with Crippen molar-refractivity contribution in [3.63, 3.8) is 0 Å². The number of carbonyl (C=O) groups excluding carboxylic acids is 1. The summed E-state index contributed by atoms with van der Waals surface area (Å²) < 4.78 is 0. The van der Waals surface area contributed by atoms with Crippen LogP contribution in [0, 0.1) is 0 Å².